The average molecular weight is 305 g/mol. The zero-order valence-corrected chi connectivity index (χ0v) is 13.6. The lowest BCUT2D eigenvalue weighted by atomic mass is 10.1. The summed E-state index contributed by atoms with van der Waals surface area (Å²) in [6, 6.07) is 7.69. The number of nitrogens with one attached hydrogen (secondary N) is 1. The van der Waals surface area contributed by atoms with Gasteiger partial charge in [-0.2, -0.15) is 0 Å². The maximum absolute atomic E-state index is 12.4. The molecule has 22 heavy (non-hydrogen) atoms. The molecule has 0 aromatic heterocycles. The van der Waals surface area contributed by atoms with Crippen molar-refractivity contribution >= 4 is 5.91 Å². The minimum atomic E-state index is -0.449. The van der Waals surface area contributed by atoms with E-state index in [2.05, 4.69) is 5.32 Å². The van der Waals surface area contributed by atoms with Crippen LogP contribution in [0.3, 0.4) is 0 Å². The molecule has 122 valence electrons. The molecule has 2 rings (SSSR count). The van der Waals surface area contributed by atoms with Gasteiger partial charge in [-0.1, -0.05) is 38.7 Å². The van der Waals surface area contributed by atoms with Gasteiger partial charge in [0.05, 0.1) is 7.11 Å². The van der Waals surface area contributed by atoms with Crippen LogP contribution in [0, 0.1) is 0 Å². The number of amides is 1. The van der Waals surface area contributed by atoms with Crippen molar-refractivity contribution in [1.82, 2.24) is 5.32 Å². The molecular formula is C18H27NO3. The second-order valence-corrected chi connectivity index (χ2v) is 5.89. The predicted octanol–water partition coefficient (Wildman–Crippen LogP) is 3.69. The number of ether oxygens (including phenoxy) is 2. The van der Waals surface area contributed by atoms with Crippen molar-refractivity contribution in [2.75, 3.05) is 7.11 Å². The number of methoxy groups -OCH3 is 1. The molecule has 1 aromatic carbocycles. The molecule has 1 aromatic rings. The third kappa shape index (κ3) is 4.93. The molecule has 4 nitrogen and oxygen atoms in total. The van der Waals surface area contributed by atoms with Gasteiger partial charge >= 0.3 is 0 Å². The summed E-state index contributed by atoms with van der Waals surface area (Å²) in [6.07, 6.45) is 7.35. The van der Waals surface area contributed by atoms with Crippen molar-refractivity contribution in [2.24, 2.45) is 0 Å². The first-order valence-electron chi connectivity index (χ1n) is 8.34. The standard InChI is InChI=1S/C18H27NO3/c1-3-17(22-16-12-8-11-15(13-16)21-2)18(20)19-14-9-6-4-5-7-10-14/h8,11-14,17H,3-7,9-10H2,1-2H3,(H,19,20)/t17-/m1/s1. The fourth-order valence-corrected chi connectivity index (χ4v) is 2.88. The largest absolute Gasteiger partial charge is 0.497 e. The van der Waals surface area contributed by atoms with Crippen LogP contribution in [0.25, 0.3) is 0 Å². The Balaban J connectivity index is 1.92. The first kappa shape index (κ1) is 16.7. The van der Waals surface area contributed by atoms with Gasteiger partial charge in [-0.3, -0.25) is 4.79 Å². The van der Waals surface area contributed by atoms with Crippen molar-refractivity contribution in [3.05, 3.63) is 24.3 Å². The van der Waals surface area contributed by atoms with Crippen LogP contribution in [-0.4, -0.2) is 25.2 Å². The lowest BCUT2D eigenvalue weighted by Gasteiger charge is -2.22. The molecule has 1 N–H and O–H groups in total. The highest BCUT2D eigenvalue weighted by atomic mass is 16.5. The highest BCUT2D eigenvalue weighted by molar-refractivity contribution is 5.81. The van der Waals surface area contributed by atoms with Gasteiger partial charge in [-0.15, -0.1) is 0 Å². The Kier molecular flexibility index (Phi) is 6.56. The second-order valence-electron chi connectivity index (χ2n) is 5.89. The smallest absolute Gasteiger partial charge is 0.261 e. The van der Waals surface area contributed by atoms with Crippen LogP contribution >= 0.6 is 0 Å². The molecule has 0 heterocycles. The molecular weight excluding hydrogens is 278 g/mol. The Morgan fingerprint density at radius 1 is 1.23 bits per heavy atom. The summed E-state index contributed by atoms with van der Waals surface area (Å²) in [7, 11) is 1.62. The van der Waals surface area contributed by atoms with Crippen molar-refractivity contribution < 1.29 is 14.3 Å². The third-order valence-corrected chi connectivity index (χ3v) is 4.18. The average Bonchev–Trinajstić information content (AvgIpc) is 2.81. The van der Waals surface area contributed by atoms with E-state index < -0.39 is 6.10 Å². The summed E-state index contributed by atoms with van der Waals surface area (Å²) in [4.78, 5) is 12.4. The fraction of sp³-hybridized carbons (Fsp3) is 0.611. The molecule has 0 spiro atoms. The minimum Gasteiger partial charge on any atom is -0.497 e. The second kappa shape index (κ2) is 8.66. The zero-order valence-electron chi connectivity index (χ0n) is 13.6. The number of carbonyl (C=O) groups excluding carboxylic acids is 1. The SMILES string of the molecule is CC[C@@H](Oc1cccc(OC)c1)C(=O)NC1CCCCCC1. The van der Waals surface area contributed by atoms with E-state index in [-0.39, 0.29) is 5.91 Å². The van der Waals surface area contributed by atoms with Crippen molar-refractivity contribution in [3.8, 4) is 11.5 Å². The number of hydrogen-bond acceptors (Lipinski definition) is 3. The van der Waals surface area contributed by atoms with Gasteiger partial charge in [-0.05, 0) is 31.4 Å². The molecule has 0 radical (unpaired) electrons. The summed E-state index contributed by atoms with van der Waals surface area (Å²) in [5.41, 5.74) is 0. The molecule has 1 atom stereocenters. The number of benzene rings is 1. The Bertz CT molecular complexity index is 467. The van der Waals surface area contributed by atoms with Crippen LogP contribution in [0.1, 0.15) is 51.9 Å². The highest BCUT2D eigenvalue weighted by Gasteiger charge is 2.22. The molecule has 0 saturated heterocycles. The summed E-state index contributed by atoms with van der Waals surface area (Å²) >= 11 is 0. The summed E-state index contributed by atoms with van der Waals surface area (Å²) in [5, 5.41) is 3.16. The Hall–Kier alpha value is -1.71. The number of hydrogen-bond donors (Lipinski definition) is 1. The van der Waals surface area contributed by atoms with E-state index in [1.165, 1.54) is 25.7 Å². The molecule has 0 bridgehead atoms. The van der Waals surface area contributed by atoms with Crippen LogP contribution in [0.15, 0.2) is 24.3 Å². The summed E-state index contributed by atoms with van der Waals surface area (Å²) in [6.45, 7) is 1.97. The van der Waals surface area contributed by atoms with Gasteiger partial charge in [0, 0.05) is 12.1 Å². The highest BCUT2D eigenvalue weighted by Crippen LogP contribution is 2.21. The van der Waals surface area contributed by atoms with E-state index in [4.69, 9.17) is 9.47 Å². The number of carbonyl (C=O) groups is 1. The molecule has 1 aliphatic carbocycles. The molecule has 0 aliphatic heterocycles. The van der Waals surface area contributed by atoms with E-state index in [0.29, 0.717) is 18.2 Å². The predicted molar refractivity (Wildman–Crippen MR) is 87.3 cm³/mol. The first-order valence-corrected chi connectivity index (χ1v) is 8.34. The maximum Gasteiger partial charge on any atom is 0.261 e. The molecule has 0 unspecified atom stereocenters. The van der Waals surface area contributed by atoms with E-state index in [9.17, 15) is 4.79 Å². The quantitative estimate of drug-likeness (QED) is 0.815. The molecule has 4 heteroatoms. The van der Waals surface area contributed by atoms with Crippen molar-refractivity contribution in [3.63, 3.8) is 0 Å². The maximum atomic E-state index is 12.4. The molecule has 1 aliphatic rings. The van der Waals surface area contributed by atoms with Gasteiger partial charge in [0.15, 0.2) is 6.10 Å². The van der Waals surface area contributed by atoms with E-state index in [1.54, 1.807) is 7.11 Å². The van der Waals surface area contributed by atoms with E-state index >= 15 is 0 Å². The number of rotatable bonds is 6. The van der Waals surface area contributed by atoms with Crippen LogP contribution in [0.2, 0.25) is 0 Å². The molecule has 1 amide bonds. The van der Waals surface area contributed by atoms with Crippen LogP contribution in [0.4, 0.5) is 0 Å². The van der Waals surface area contributed by atoms with Gasteiger partial charge in [0.25, 0.3) is 5.91 Å². The topological polar surface area (TPSA) is 47.6 Å². The van der Waals surface area contributed by atoms with Crippen LogP contribution < -0.4 is 14.8 Å². The Morgan fingerprint density at radius 2 is 1.91 bits per heavy atom. The lowest BCUT2D eigenvalue weighted by Crippen LogP contribution is -2.43. The minimum absolute atomic E-state index is 0.00257. The zero-order chi connectivity index (χ0) is 15.8. The summed E-state index contributed by atoms with van der Waals surface area (Å²) < 4.78 is 11.0. The monoisotopic (exact) mass is 305 g/mol. The van der Waals surface area contributed by atoms with Gasteiger partial charge in [-0.25, -0.2) is 0 Å². The van der Waals surface area contributed by atoms with E-state index in [0.717, 1.165) is 18.6 Å². The van der Waals surface area contributed by atoms with Gasteiger partial charge in [0.1, 0.15) is 11.5 Å². The molecule has 1 fully saturated rings. The first-order chi connectivity index (χ1) is 10.7. The van der Waals surface area contributed by atoms with Crippen molar-refractivity contribution in [2.45, 2.75) is 64.0 Å². The van der Waals surface area contributed by atoms with Crippen LogP contribution in [0.5, 0.6) is 11.5 Å². The Labute approximate surface area is 133 Å². The van der Waals surface area contributed by atoms with Crippen molar-refractivity contribution in [1.29, 1.82) is 0 Å². The Morgan fingerprint density at radius 3 is 2.55 bits per heavy atom. The fourth-order valence-electron chi connectivity index (χ4n) is 2.88. The summed E-state index contributed by atoms with van der Waals surface area (Å²) in [5.74, 6) is 1.40. The molecule has 1 saturated carbocycles. The van der Waals surface area contributed by atoms with Gasteiger partial charge < -0.3 is 14.8 Å². The van der Waals surface area contributed by atoms with E-state index in [1.807, 2.05) is 31.2 Å². The van der Waals surface area contributed by atoms with Gasteiger partial charge in [0.2, 0.25) is 0 Å². The van der Waals surface area contributed by atoms with Crippen LogP contribution in [-0.2, 0) is 4.79 Å². The third-order valence-electron chi connectivity index (χ3n) is 4.18. The normalized spacial score (nSPS) is 17.4. The lowest BCUT2D eigenvalue weighted by molar-refractivity contribution is -0.128.